The van der Waals surface area contributed by atoms with E-state index in [2.05, 4.69) is 5.32 Å². The van der Waals surface area contributed by atoms with Crippen LogP contribution in [-0.2, 0) is 4.79 Å². The van der Waals surface area contributed by atoms with E-state index in [9.17, 15) is 4.79 Å². The van der Waals surface area contributed by atoms with Crippen LogP contribution in [0.3, 0.4) is 0 Å². The van der Waals surface area contributed by atoms with Crippen molar-refractivity contribution in [3.63, 3.8) is 0 Å². The summed E-state index contributed by atoms with van der Waals surface area (Å²) < 4.78 is 0.524. The van der Waals surface area contributed by atoms with Crippen molar-refractivity contribution < 1.29 is 14.4 Å². The molecule has 0 aromatic rings. The molecule has 0 amide bonds. The molecule has 2 N–H and O–H groups in total. The van der Waals surface area contributed by atoms with Gasteiger partial charge in [0, 0.05) is 6.54 Å². The van der Waals surface area contributed by atoms with E-state index in [-0.39, 0.29) is 6.54 Å². The molecule has 0 aliphatic heterocycles. The SMILES string of the molecule is CNCC[N+](C)(C)CC(=O)O. The molecule has 0 heterocycles. The zero-order chi connectivity index (χ0) is 8.91. The van der Waals surface area contributed by atoms with Gasteiger partial charge in [0.25, 0.3) is 0 Å². The normalized spacial score (nSPS) is 11.5. The second kappa shape index (κ2) is 4.31. The number of hydrogen-bond acceptors (Lipinski definition) is 2. The molecule has 0 aliphatic rings. The van der Waals surface area contributed by atoms with E-state index in [1.807, 2.05) is 21.1 Å². The van der Waals surface area contributed by atoms with Gasteiger partial charge in [-0.2, -0.15) is 0 Å². The third kappa shape index (κ3) is 5.82. The molecule has 0 aromatic heterocycles. The molecule has 0 saturated heterocycles. The maximum Gasteiger partial charge on any atom is 0.359 e. The summed E-state index contributed by atoms with van der Waals surface area (Å²) in [5, 5.41) is 11.5. The summed E-state index contributed by atoms with van der Waals surface area (Å²) in [5.41, 5.74) is 0. The first-order chi connectivity index (χ1) is 4.98. The highest BCUT2D eigenvalue weighted by atomic mass is 16.4. The quantitative estimate of drug-likeness (QED) is 0.528. The molecule has 0 rings (SSSR count). The molecule has 0 spiro atoms. The Hall–Kier alpha value is -0.610. The molecule has 0 aromatic carbocycles. The van der Waals surface area contributed by atoms with Crippen LogP contribution < -0.4 is 5.32 Å². The lowest BCUT2D eigenvalue weighted by atomic mass is 10.4. The Labute approximate surface area is 67.4 Å². The van der Waals surface area contributed by atoms with Crippen LogP contribution in [0.1, 0.15) is 0 Å². The number of aliphatic carboxylic acids is 1. The van der Waals surface area contributed by atoms with E-state index in [0.29, 0.717) is 4.48 Å². The smallest absolute Gasteiger partial charge is 0.359 e. The van der Waals surface area contributed by atoms with Gasteiger partial charge in [-0.05, 0) is 7.05 Å². The van der Waals surface area contributed by atoms with Crippen molar-refractivity contribution >= 4 is 5.97 Å². The maximum atomic E-state index is 10.3. The summed E-state index contributed by atoms with van der Waals surface area (Å²) in [6.45, 7) is 1.87. The Kier molecular flexibility index (Phi) is 4.07. The molecule has 0 atom stereocenters. The van der Waals surface area contributed by atoms with Crippen LogP contribution in [0.4, 0.5) is 0 Å². The zero-order valence-corrected chi connectivity index (χ0v) is 7.42. The molecule has 66 valence electrons. The number of hydrogen-bond donors (Lipinski definition) is 2. The van der Waals surface area contributed by atoms with Gasteiger partial charge < -0.3 is 14.9 Å². The molecule has 0 radical (unpaired) electrons. The van der Waals surface area contributed by atoms with E-state index in [0.717, 1.165) is 13.1 Å². The highest BCUT2D eigenvalue weighted by Crippen LogP contribution is 1.93. The van der Waals surface area contributed by atoms with Crippen molar-refractivity contribution in [1.82, 2.24) is 5.32 Å². The Morgan fingerprint density at radius 1 is 1.55 bits per heavy atom. The second-order valence-corrected chi connectivity index (χ2v) is 3.31. The minimum Gasteiger partial charge on any atom is -0.477 e. The number of carboxylic acid groups (broad SMARTS) is 1. The van der Waals surface area contributed by atoms with E-state index < -0.39 is 5.97 Å². The van der Waals surface area contributed by atoms with Crippen molar-refractivity contribution in [2.75, 3.05) is 40.8 Å². The Morgan fingerprint density at radius 2 is 2.09 bits per heavy atom. The van der Waals surface area contributed by atoms with Gasteiger partial charge >= 0.3 is 5.97 Å². The van der Waals surface area contributed by atoms with Crippen LogP contribution in [0.15, 0.2) is 0 Å². The first-order valence-electron chi connectivity index (χ1n) is 3.66. The van der Waals surface area contributed by atoms with Crippen molar-refractivity contribution in [1.29, 1.82) is 0 Å². The van der Waals surface area contributed by atoms with Crippen LogP contribution in [0.2, 0.25) is 0 Å². The monoisotopic (exact) mass is 161 g/mol. The molecule has 0 fully saturated rings. The van der Waals surface area contributed by atoms with E-state index in [1.54, 1.807) is 0 Å². The first-order valence-corrected chi connectivity index (χ1v) is 3.66. The number of nitrogens with zero attached hydrogens (tertiary/aromatic N) is 1. The van der Waals surface area contributed by atoms with E-state index >= 15 is 0 Å². The summed E-state index contributed by atoms with van der Waals surface area (Å²) in [6, 6.07) is 0. The molecule has 0 aliphatic carbocycles. The largest absolute Gasteiger partial charge is 0.477 e. The van der Waals surface area contributed by atoms with Gasteiger partial charge in [-0.1, -0.05) is 0 Å². The van der Waals surface area contributed by atoms with Crippen LogP contribution in [0, 0.1) is 0 Å². The second-order valence-electron chi connectivity index (χ2n) is 3.31. The highest BCUT2D eigenvalue weighted by molar-refractivity contribution is 5.67. The van der Waals surface area contributed by atoms with Crippen LogP contribution in [0.25, 0.3) is 0 Å². The lowest BCUT2D eigenvalue weighted by Gasteiger charge is -2.27. The number of quaternary nitrogens is 1. The number of carboxylic acids is 1. The van der Waals surface area contributed by atoms with Crippen molar-refractivity contribution in [3.05, 3.63) is 0 Å². The van der Waals surface area contributed by atoms with E-state index in [1.165, 1.54) is 0 Å². The number of nitrogens with one attached hydrogen (secondary N) is 1. The molecule has 4 nitrogen and oxygen atoms in total. The van der Waals surface area contributed by atoms with Gasteiger partial charge in [0.1, 0.15) is 0 Å². The van der Waals surface area contributed by atoms with Crippen molar-refractivity contribution in [2.45, 2.75) is 0 Å². The fourth-order valence-corrected chi connectivity index (χ4v) is 0.860. The first kappa shape index (κ1) is 10.4. The summed E-state index contributed by atoms with van der Waals surface area (Å²) in [4.78, 5) is 10.3. The molecular weight excluding hydrogens is 144 g/mol. The van der Waals surface area contributed by atoms with Gasteiger partial charge in [-0.15, -0.1) is 0 Å². The molecule has 11 heavy (non-hydrogen) atoms. The standard InChI is InChI=1S/C7H16N2O2/c1-8-4-5-9(2,3)6-7(10)11/h8H,4-6H2,1-3H3/p+1. The predicted octanol–water partition coefficient (Wildman–Crippen LogP) is -0.633. The Balaban J connectivity index is 3.70. The number of likely N-dealkylation sites (N-methyl/N-ethyl adjacent to an activating group) is 2. The fraction of sp³-hybridized carbons (Fsp3) is 0.857. The molecule has 4 heteroatoms. The molecule has 0 unspecified atom stereocenters. The molecular formula is C7H17N2O2+. The van der Waals surface area contributed by atoms with Crippen LogP contribution >= 0.6 is 0 Å². The topological polar surface area (TPSA) is 49.3 Å². The average molecular weight is 161 g/mol. The summed E-state index contributed by atoms with van der Waals surface area (Å²) in [5.74, 6) is -0.744. The third-order valence-electron chi connectivity index (χ3n) is 1.53. The van der Waals surface area contributed by atoms with E-state index in [4.69, 9.17) is 5.11 Å². The highest BCUT2D eigenvalue weighted by Gasteiger charge is 2.17. The van der Waals surface area contributed by atoms with Crippen molar-refractivity contribution in [2.24, 2.45) is 0 Å². The fourth-order valence-electron chi connectivity index (χ4n) is 0.860. The molecule has 0 saturated carbocycles. The Bertz CT molecular complexity index is 134. The minimum absolute atomic E-state index is 0.182. The average Bonchev–Trinajstić information content (AvgIpc) is 1.81. The lowest BCUT2D eigenvalue weighted by molar-refractivity contribution is -0.881. The zero-order valence-electron chi connectivity index (χ0n) is 7.42. The predicted molar refractivity (Wildman–Crippen MR) is 43.4 cm³/mol. The lowest BCUT2D eigenvalue weighted by Crippen LogP contribution is -2.47. The summed E-state index contributed by atoms with van der Waals surface area (Å²) in [7, 11) is 5.68. The van der Waals surface area contributed by atoms with Gasteiger partial charge in [-0.3, -0.25) is 0 Å². The number of rotatable bonds is 5. The van der Waals surface area contributed by atoms with Gasteiger partial charge in [0.05, 0.1) is 20.6 Å². The molecule has 0 bridgehead atoms. The Morgan fingerprint density at radius 3 is 2.45 bits per heavy atom. The van der Waals surface area contributed by atoms with Crippen LogP contribution in [-0.4, -0.2) is 56.3 Å². The van der Waals surface area contributed by atoms with Crippen molar-refractivity contribution in [3.8, 4) is 0 Å². The summed E-state index contributed by atoms with van der Waals surface area (Å²) >= 11 is 0. The maximum absolute atomic E-state index is 10.3. The minimum atomic E-state index is -0.744. The van der Waals surface area contributed by atoms with Gasteiger partial charge in [0.2, 0.25) is 0 Å². The van der Waals surface area contributed by atoms with Crippen LogP contribution in [0.5, 0.6) is 0 Å². The van der Waals surface area contributed by atoms with Gasteiger partial charge in [0.15, 0.2) is 6.54 Å². The third-order valence-corrected chi connectivity index (χ3v) is 1.53. The summed E-state index contributed by atoms with van der Waals surface area (Å²) in [6.07, 6.45) is 0. The van der Waals surface area contributed by atoms with Gasteiger partial charge in [-0.25, -0.2) is 4.79 Å². The number of carbonyl (C=O) groups is 1.